The molecule has 0 unspecified atom stereocenters. The second kappa shape index (κ2) is 5.60. The van der Waals surface area contributed by atoms with Gasteiger partial charge in [0.15, 0.2) is 0 Å². The highest BCUT2D eigenvalue weighted by atomic mass is 35.5. The summed E-state index contributed by atoms with van der Waals surface area (Å²) >= 11 is 5.71. The summed E-state index contributed by atoms with van der Waals surface area (Å²) in [4.78, 5) is 11.7. The number of benzene rings is 1. The smallest absolute Gasteiger partial charge is 0.256 e. The number of halogens is 1. The maximum absolute atomic E-state index is 11.7. The zero-order valence-electron chi connectivity index (χ0n) is 9.77. The summed E-state index contributed by atoms with van der Waals surface area (Å²) in [6.07, 6.45) is 1.38. The maximum atomic E-state index is 11.7. The van der Waals surface area contributed by atoms with Crippen molar-refractivity contribution < 1.29 is 13.9 Å². The van der Waals surface area contributed by atoms with Crippen LogP contribution in [0.15, 0.2) is 41.0 Å². The highest BCUT2D eigenvalue weighted by Gasteiger charge is 2.12. The molecule has 0 aliphatic heterocycles. The van der Waals surface area contributed by atoms with Crippen molar-refractivity contribution in [3.05, 3.63) is 52.9 Å². The van der Waals surface area contributed by atoms with Crippen molar-refractivity contribution in [2.75, 3.05) is 7.11 Å². The number of furan rings is 1. The van der Waals surface area contributed by atoms with Crippen molar-refractivity contribution in [2.45, 2.75) is 6.54 Å². The number of hydrogen-bond acceptors (Lipinski definition) is 3. The van der Waals surface area contributed by atoms with E-state index in [1.54, 1.807) is 7.11 Å². The molecule has 2 aromatic rings. The molecule has 0 spiro atoms. The summed E-state index contributed by atoms with van der Waals surface area (Å²) in [5, 5.41) is 2.85. The van der Waals surface area contributed by atoms with Crippen molar-refractivity contribution in [3.63, 3.8) is 0 Å². The lowest BCUT2D eigenvalue weighted by Gasteiger charge is -2.05. The largest absolute Gasteiger partial charge is 0.497 e. The SMILES string of the molecule is COc1ccc(CNC(=O)c2ccoc2Cl)cc1. The Morgan fingerprint density at radius 2 is 2.06 bits per heavy atom. The summed E-state index contributed by atoms with van der Waals surface area (Å²) in [7, 11) is 1.61. The van der Waals surface area contributed by atoms with Crippen LogP contribution >= 0.6 is 11.6 Å². The molecular formula is C13H12ClNO3. The van der Waals surface area contributed by atoms with E-state index < -0.39 is 0 Å². The number of rotatable bonds is 4. The van der Waals surface area contributed by atoms with Gasteiger partial charge < -0.3 is 14.5 Å². The van der Waals surface area contributed by atoms with Crippen molar-refractivity contribution in [2.24, 2.45) is 0 Å². The predicted octanol–water partition coefficient (Wildman–Crippen LogP) is 2.87. The number of carbonyl (C=O) groups is 1. The van der Waals surface area contributed by atoms with Crippen LogP contribution in [0.1, 0.15) is 15.9 Å². The normalized spacial score (nSPS) is 10.1. The van der Waals surface area contributed by atoms with Crippen molar-refractivity contribution in [3.8, 4) is 5.75 Å². The first-order valence-electron chi connectivity index (χ1n) is 5.35. The molecule has 0 bridgehead atoms. The average Bonchev–Trinajstić information content (AvgIpc) is 2.83. The lowest BCUT2D eigenvalue weighted by atomic mass is 10.2. The molecule has 0 saturated heterocycles. The molecule has 1 amide bonds. The first-order chi connectivity index (χ1) is 8.70. The van der Waals surface area contributed by atoms with Crippen LogP contribution in [0.5, 0.6) is 5.75 Å². The molecule has 1 heterocycles. The van der Waals surface area contributed by atoms with Gasteiger partial charge in [-0.2, -0.15) is 0 Å². The molecule has 4 nitrogen and oxygen atoms in total. The molecule has 1 aromatic carbocycles. The van der Waals surface area contributed by atoms with E-state index >= 15 is 0 Å². The molecule has 0 fully saturated rings. The first kappa shape index (κ1) is 12.5. The Bertz CT molecular complexity index is 533. The number of carbonyl (C=O) groups excluding carboxylic acids is 1. The number of amides is 1. The first-order valence-corrected chi connectivity index (χ1v) is 5.72. The van der Waals surface area contributed by atoms with Gasteiger partial charge in [0.2, 0.25) is 5.22 Å². The van der Waals surface area contributed by atoms with E-state index in [1.807, 2.05) is 24.3 Å². The van der Waals surface area contributed by atoms with E-state index in [2.05, 4.69) is 5.32 Å². The molecule has 0 aliphatic carbocycles. The summed E-state index contributed by atoms with van der Waals surface area (Å²) in [5.41, 5.74) is 1.31. The van der Waals surface area contributed by atoms with Gasteiger partial charge in [-0.15, -0.1) is 0 Å². The maximum Gasteiger partial charge on any atom is 0.256 e. The molecule has 0 aliphatic rings. The molecular weight excluding hydrogens is 254 g/mol. The topological polar surface area (TPSA) is 51.5 Å². The van der Waals surface area contributed by atoms with Gasteiger partial charge in [0.25, 0.3) is 5.91 Å². The zero-order valence-corrected chi connectivity index (χ0v) is 10.5. The van der Waals surface area contributed by atoms with Gasteiger partial charge in [0, 0.05) is 6.54 Å². The second-order valence-electron chi connectivity index (χ2n) is 3.64. The van der Waals surface area contributed by atoms with E-state index in [9.17, 15) is 4.79 Å². The van der Waals surface area contributed by atoms with Gasteiger partial charge in [-0.1, -0.05) is 12.1 Å². The van der Waals surface area contributed by atoms with Crippen LogP contribution in [0.2, 0.25) is 5.22 Å². The monoisotopic (exact) mass is 265 g/mol. The minimum absolute atomic E-state index is 0.0993. The number of nitrogens with one attached hydrogen (secondary N) is 1. The van der Waals surface area contributed by atoms with Crippen molar-refractivity contribution in [1.82, 2.24) is 5.32 Å². The third-order valence-corrected chi connectivity index (χ3v) is 2.77. The van der Waals surface area contributed by atoms with Crippen molar-refractivity contribution >= 4 is 17.5 Å². The Hall–Kier alpha value is -1.94. The molecule has 1 N–H and O–H groups in total. The standard InChI is InChI=1S/C13H12ClNO3/c1-17-10-4-2-9(3-5-10)8-15-13(16)11-6-7-18-12(11)14/h2-7H,8H2,1H3,(H,15,16). The van der Waals surface area contributed by atoms with Crippen LogP contribution in [-0.4, -0.2) is 13.0 Å². The Morgan fingerprint density at radius 3 is 2.61 bits per heavy atom. The van der Waals surface area contributed by atoms with Crippen LogP contribution < -0.4 is 10.1 Å². The number of ether oxygens (including phenoxy) is 1. The van der Waals surface area contributed by atoms with E-state index in [0.29, 0.717) is 12.1 Å². The third-order valence-electron chi connectivity index (χ3n) is 2.47. The molecule has 5 heteroatoms. The molecule has 18 heavy (non-hydrogen) atoms. The number of hydrogen-bond donors (Lipinski definition) is 1. The van der Waals surface area contributed by atoms with Crippen LogP contribution in [0.25, 0.3) is 0 Å². The molecule has 0 atom stereocenters. The number of methoxy groups -OCH3 is 1. The van der Waals surface area contributed by atoms with Gasteiger partial charge in [-0.25, -0.2) is 0 Å². The molecule has 94 valence electrons. The highest BCUT2D eigenvalue weighted by molar-refractivity contribution is 6.32. The van der Waals surface area contributed by atoms with Gasteiger partial charge >= 0.3 is 0 Å². The fourth-order valence-corrected chi connectivity index (χ4v) is 1.68. The Kier molecular flexibility index (Phi) is 3.89. The molecule has 0 radical (unpaired) electrons. The van der Waals surface area contributed by atoms with E-state index in [0.717, 1.165) is 11.3 Å². The predicted molar refractivity (Wildman–Crippen MR) is 67.9 cm³/mol. The molecule has 1 aromatic heterocycles. The average molecular weight is 266 g/mol. The van der Waals surface area contributed by atoms with Crippen LogP contribution in [0.4, 0.5) is 0 Å². The summed E-state index contributed by atoms with van der Waals surface area (Å²) in [5.74, 6) is 0.521. The minimum atomic E-state index is -0.260. The highest BCUT2D eigenvalue weighted by Crippen LogP contribution is 2.16. The van der Waals surface area contributed by atoms with E-state index in [4.69, 9.17) is 20.8 Å². The lowest BCUT2D eigenvalue weighted by molar-refractivity contribution is 0.0950. The van der Waals surface area contributed by atoms with Gasteiger partial charge in [0.05, 0.1) is 18.9 Å². The molecule has 2 rings (SSSR count). The fraction of sp³-hybridized carbons (Fsp3) is 0.154. The Balaban J connectivity index is 1.95. The second-order valence-corrected chi connectivity index (χ2v) is 3.98. The van der Waals surface area contributed by atoms with Gasteiger partial charge in [-0.3, -0.25) is 4.79 Å². The Labute approximate surface area is 110 Å². The van der Waals surface area contributed by atoms with Gasteiger partial charge in [0.1, 0.15) is 5.75 Å². The van der Waals surface area contributed by atoms with Crippen molar-refractivity contribution in [1.29, 1.82) is 0 Å². The fourth-order valence-electron chi connectivity index (χ4n) is 1.48. The Morgan fingerprint density at radius 1 is 1.33 bits per heavy atom. The minimum Gasteiger partial charge on any atom is -0.497 e. The van der Waals surface area contributed by atoms with E-state index in [1.165, 1.54) is 12.3 Å². The third kappa shape index (κ3) is 2.84. The zero-order chi connectivity index (χ0) is 13.0. The quantitative estimate of drug-likeness (QED) is 0.925. The molecule has 0 saturated carbocycles. The van der Waals surface area contributed by atoms with Crippen LogP contribution in [-0.2, 0) is 6.54 Å². The lowest BCUT2D eigenvalue weighted by Crippen LogP contribution is -2.22. The summed E-state index contributed by atoms with van der Waals surface area (Å²) in [6.45, 7) is 0.421. The summed E-state index contributed by atoms with van der Waals surface area (Å²) in [6, 6.07) is 8.98. The van der Waals surface area contributed by atoms with Crippen LogP contribution in [0, 0.1) is 0 Å². The summed E-state index contributed by atoms with van der Waals surface area (Å²) < 4.78 is 9.91. The van der Waals surface area contributed by atoms with E-state index in [-0.39, 0.29) is 11.1 Å². The van der Waals surface area contributed by atoms with Crippen LogP contribution in [0.3, 0.4) is 0 Å². The van der Waals surface area contributed by atoms with Gasteiger partial charge in [-0.05, 0) is 35.4 Å².